The third kappa shape index (κ3) is 12.9. The number of hydrogen-bond acceptors (Lipinski definition) is 15. The molecule has 0 aromatic carbocycles. The molecule has 71 heavy (non-hydrogen) atoms. The SMILES string of the molecule is CCCCSC1(SCCC)C(SC)(SCC)CCC(SC2CCCC2)(SC2(SC3CCCC3)CCC(SC)(SCC)C(SCCC)(SCCCC)C2(SC2CCC2)SC2CC2)C1(SC1CCC1)SC1CC1. The van der Waals surface area contributed by atoms with Gasteiger partial charge in [0.1, 0.15) is 16.3 Å². The van der Waals surface area contributed by atoms with Crippen LogP contribution in [0.5, 0.6) is 0 Å². The number of unbranched alkanes of at least 4 members (excludes halogenated alkanes) is 2. The molecule has 8 saturated carbocycles. The molecule has 8 aliphatic carbocycles. The van der Waals surface area contributed by atoms with Crippen molar-refractivity contribution in [2.45, 2.75) is 285 Å². The van der Waals surface area contributed by atoms with Crippen LogP contribution in [0, 0.1) is 0 Å². The van der Waals surface area contributed by atoms with Gasteiger partial charge in [-0.05, 0) is 175 Å². The minimum atomic E-state index is 0.0903. The Morgan fingerprint density at radius 2 is 0.620 bits per heavy atom. The molecule has 0 spiro atoms. The van der Waals surface area contributed by atoms with E-state index in [0.717, 1.165) is 31.5 Å². The third-order valence-corrected chi connectivity index (χ3v) is 48.6. The van der Waals surface area contributed by atoms with Crippen LogP contribution in [0.3, 0.4) is 0 Å². The molecule has 8 rings (SSSR count). The normalized spacial score (nSPS) is 38.5. The van der Waals surface area contributed by atoms with Crippen LogP contribution in [0.4, 0.5) is 0 Å². The summed E-state index contributed by atoms with van der Waals surface area (Å²) >= 11 is 39.1. The number of hydrogen-bond donors (Lipinski definition) is 0. The van der Waals surface area contributed by atoms with Crippen molar-refractivity contribution >= 4 is 176 Å². The van der Waals surface area contributed by atoms with Crippen molar-refractivity contribution in [3.63, 3.8) is 0 Å². The van der Waals surface area contributed by atoms with Crippen LogP contribution in [0.2, 0.25) is 0 Å². The van der Waals surface area contributed by atoms with E-state index < -0.39 is 0 Å². The predicted octanol–water partition coefficient (Wildman–Crippen LogP) is 22.2. The van der Waals surface area contributed by atoms with Gasteiger partial charge in [0.2, 0.25) is 0 Å². The molecule has 0 bridgehead atoms. The lowest BCUT2D eigenvalue weighted by Gasteiger charge is -2.73. The van der Waals surface area contributed by atoms with E-state index in [-0.39, 0.29) is 32.6 Å². The van der Waals surface area contributed by atoms with Gasteiger partial charge in [-0.3, -0.25) is 0 Å². The van der Waals surface area contributed by atoms with Crippen molar-refractivity contribution in [3.8, 4) is 0 Å². The summed E-state index contributed by atoms with van der Waals surface area (Å²) in [5, 5.41) is 4.82. The fourth-order valence-electron chi connectivity index (χ4n) is 12.2. The van der Waals surface area contributed by atoms with Gasteiger partial charge in [-0.25, -0.2) is 0 Å². The molecular weight excluding hydrogens is 1150 g/mol. The fraction of sp³-hybridized carbons (Fsp3) is 1.00. The minimum absolute atomic E-state index is 0.0903. The highest BCUT2D eigenvalue weighted by Gasteiger charge is 2.82. The van der Waals surface area contributed by atoms with E-state index in [1.807, 2.05) is 0 Å². The van der Waals surface area contributed by atoms with Gasteiger partial charge in [-0.1, -0.05) is 92.9 Å². The van der Waals surface area contributed by atoms with E-state index in [4.69, 9.17) is 0 Å². The Morgan fingerprint density at radius 1 is 0.310 bits per heavy atom. The van der Waals surface area contributed by atoms with Crippen LogP contribution in [0.25, 0.3) is 0 Å². The summed E-state index contributed by atoms with van der Waals surface area (Å²) in [5.41, 5.74) is 0. The summed E-state index contributed by atoms with van der Waals surface area (Å²) in [6.45, 7) is 15.1. The Labute approximate surface area is 503 Å². The Morgan fingerprint density at radius 3 is 0.901 bits per heavy atom. The molecule has 0 heterocycles. The van der Waals surface area contributed by atoms with Crippen molar-refractivity contribution in [2.24, 2.45) is 0 Å². The van der Waals surface area contributed by atoms with Crippen LogP contribution in [0.1, 0.15) is 221 Å². The second-order valence-corrected chi connectivity index (χ2v) is 45.5. The van der Waals surface area contributed by atoms with E-state index >= 15 is 0 Å². The summed E-state index contributed by atoms with van der Waals surface area (Å²) in [6, 6.07) is 0. The highest BCUT2D eigenvalue weighted by Crippen LogP contribution is 2.88. The van der Waals surface area contributed by atoms with Gasteiger partial charge in [0, 0.05) is 31.5 Å². The van der Waals surface area contributed by atoms with Crippen LogP contribution in [-0.2, 0) is 0 Å². The molecule has 0 amide bonds. The second-order valence-electron chi connectivity index (χ2n) is 22.0. The molecule has 0 aromatic rings. The van der Waals surface area contributed by atoms with Gasteiger partial charge in [-0.2, -0.15) is 0 Å². The summed E-state index contributed by atoms with van der Waals surface area (Å²) in [4.78, 5) is 0. The monoisotopic (exact) mass is 1250 g/mol. The highest BCUT2D eigenvalue weighted by atomic mass is 32.2. The molecule has 0 radical (unpaired) electrons. The summed E-state index contributed by atoms with van der Waals surface area (Å²) in [5.74, 6) is 7.71. The summed E-state index contributed by atoms with van der Waals surface area (Å²) in [7, 11) is 0. The first-order valence-corrected chi connectivity index (χ1v) is 43.7. The van der Waals surface area contributed by atoms with E-state index in [9.17, 15) is 0 Å². The van der Waals surface area contributed by atoms with E-state index in [1.54, 1.807) is 0 Å². The van der Waals surface area contributed by atoms with Gasteiger partial charge < -0.3 is 0 Å². The molecule has 8 fully saturated rings. The largest absolute Gasteiger partial charge is 0.145 e. The summed E-state index contributed by atoms with van der Waals surface area (Å²) < 4.78 is 0.956. The van der Waals surface area contributed by atoms with Crippen molar-refractivity contribution in [2.75, 3.05) is 47.0 Å². The van der Waals surface area contributed by atoms with Crippen LogP contribution in [0.15, 0.2) is 0 Å². The molecule has 0 saturated heterocycles. The molecule has 8 unspecified atom stereocenters. The zero-order valence-electron chi connectivity index (χ0n) is 45.6. The van der Waals surface area contributed by atoms with Gasteiger partial charge in [0.15, 0.2) is 0 Å². The number of rotatable bonds is 34. The lowest BCUT2D eigenvalue weighted by atomic mass is 9.94. The number of thioether (sulfide) groups is 15. The van der Waals surface area contributed by atoms with Crippen molar-refractivity contribution in [3.05, 3.63) is 0 Å². The zero-order chi connectivity index (χ0) is 50.1. The van der Waals surface area contributed by atoms with E-state index in [1.165, 1.54) is 214 Å². The van der Waals surface area contributed by atoms with Crippen molar-refractivity contribution < 1.29 is 0 Å². The molecule has 412 valence electrons. The van der Waals surface area contributed by atoms with Gasteiger partial charge in [0.05, 0.1) is 16.3 Å². The standard InChI is InChI=1S/C56H98S15/c1-9-15-41-63-53(61-39-11-3)49(57-7,59-13-5)35-37-51(65-43-23-17-18-24-43,55(53,69-47-31-32-47)67-45-27-21-28-45)71-52(66-44-25-19-20-26-44)38-36-50(58-8,60-14-6)54(62-40-12-4,64-42-16-10-2)56(52,70-48-33-34-48)68-46-29-22-30-46/h43-48H,9-42H2,1-8H3. The molecule has 0 aliphatic heterocycles. The third-order valence-electron chi connectivity index (χ3n) is 16.6. The smallest absolute Gasteiger partial charge is 0.111 e. The Balaban J connectivity index is 1.48. The van der Waals surface area contributed by atoms with Crippen LogP contribution < -0.4 is 0 Å². The molecular formula is C56H98S15. The fourth-order valence-corrected chi connectivity index (χ4v) is 48.5. The van der Waals surface area contributed by atoms with Crippen LogP contribution in [-0.4, -0.2) is 111 Å². The molecule has 0 N–H and O–H groups in total. The lowest BCUT2D eigenvalue weighted by molar-refractivity contribution is 0.422. The van der Waals surface area contributed by atoms with E-state index in [2.05, 4.69) is 230 Å². The molecule has 15 heteroatoms. The van der Waals surface area contributed by atoms with Crippen molar-refractivity contribution in [1.82, 2.24) is 0 Å². The first-order valence-electron chi connectivity index (χ1n) is 29.3. The summed E-state index contributed by atoms with van der Waals surface area (Å²) in [6.07, 6.45) is 44.8. The van der Waals surface area contributed by atoms with E-state index in [0.29, 0.717) is 0 Å². The first kappa shape index (κ1) is 62.3. The average Bonchev–Trinajstić information content (AvgIpc) is 4.24. The molecule has 8 atom stereocenters. The Kier molecular flexibility index (Phi) is 25.2. The maximum absolute atomic E-state index is 2.88. The van der Waals surface area contributed by atoms with Crippen molar-refractivity contribution in [1.29, 1.82) is 0 Å². The molecule has 0 nitrogen and oxygen atoms in total. The minimum Gasteiger partial charge on any atom is -0.145 e. The maximum Gasteiger partial charge on any atom is 0.111 e. The maximum atomic E-state index is 2.88. The van der Waals surface area contributed by atoms with Gasteiger partial charge in [-0.15, -0.1) is 176 Å². The first-order chi connectivity index (χ1) is 34.6. The quantitative estimate of drug-likeness (QED) is 0.0443. The van der Waals surface area contributed by atoms with Gasteiger partial charge >= 0.3 is 0 Å². The highest BCUT2D eigenvalue weighted by molar-refractivity contribution is 8.35. The molecule has 0 aromatic heterocycles. The zero-order valence-corrected chi connectivity index (χ0v) is 57.9. The Hall–Kier alpha value is 5.25. The average molecular weight is 1250 g/mol. The lowest BCUT2D eigenvalue weighted by Crippen LogP contribution is -2.74. The second kappa shape index (κ2) is 28.7. The van der Waals surface area contributed by atoms with Crippen LogP contribution >= 0.6 is 176 Å². The van der Waals surface area contributed by atoms with Gasteiger partial charge in [0.25, 0.3) is 0 Å². The topological polar surface area (TPSA) is 0 Å². The predicted molar refractivity (Wildman–Crippen MR) is 363 cm³/mol. The Bertz CT molecular complexity index is 1490. The molecule has 8 aliphatic rings.